The highest BCUT2D eigenvalue weighted by atomic mass is 19.3. The first kappa shape index (κ1) is 14.4. The highest BCUT2D eigenvalue weighted by Crippen LogP contribution is 2.50. The lowest BCUT2D eigenvalue weighted by atomic mass is 9.82. The van der Waals surface area contributed by atoms with Gasteiger partial charge in [0.05, 0.1) is 5.54 Å². The summed E-state index contributed by atoms with van der Waals surface area (Å²) in [5.41, 5.74) is 0.532. The zero-order valence-corrected chi connectivity index (χ0v) is 11.8. The van der Waals surface area contributed by atoms with Gasteiger partial charge in [-0.05, 0) is 18.4 Å². The highest BCUT2D eigenvalue weighted by Gasteiger charge is 2.57. The molecule has 0 aromatic heterocycles. The fourth-order valence-corrected chi connectivity index (χ4v) is 3.00. The number of benzene rings is 1. The third-order valence-corrected chi connectivity index (χ3v) is 4.44. The monoisotopic (exact) mass is 295 g/mol. The fraction of sp³-hybridized carbons (Fsp3) is 0.562. The summed E-state index contributed by atoms with van der Waals surface area (Å²) in [5.74, 6) is -3.72. The van der Waals surface area contributed by atoms with Gasteiger partial charge in [-0.25, -0.2) is 8.78 Å². The molecule has 0 spiro atoms. The maximum Gasteiger partial charge on any atom is 0.252 e. The number of ether oxygens (including phenoxy) is 1. The lowest BCUT2D eigenvalue weighted by Crippen LogP contribution is -2.49. The van der Waals surface area contributed by atoms with Crippen LogP contribution in [-0.2, 0) is 15.1 Å². The standard InChI is InChI=1S/C16H19F2NO2/c17-16(18)11-13(16)10-14(20)19-15(6-8-21-9-7-15)12-4-2-1-3-5-12/h1-5,13H,6-11H2,(H,19,20)/t13-/m0/s1. The summed E-state index contributed by atoms with van der Waals surface area (Å²) < 4.78 is 31.3. The van der Waals surface area contributed by atoms with Crippen molar-refractivity contribution in [1.29, 1.82) is 0 Å². The van der Waals surface area contributed by atoms with Crippen molar-refractivity contribution in [3.63, 3.8) is 0 Å². The maximum absolute atomic E-state index is 13.0. The van der Waals surface area contributed by atoms with Crippen LogP contribution in [0.25, 0.3) is 0 Å². The van der Waals surface area contributed by atoms with Gasteiger partial charge in [0.2, 0.25) is 5.91 Å². The number of rotatable bonds is 4. The van der Waals surface area contributed by atoms with Crippen LogP contribution in [0, 0.1) is 5.92 Å². The van der Waals surface area contributed by atoms with Gasteiger partial charge in [0.1, 0.15) is 0 Å². The molecule has 3 nitrogen and oxygen atoms in total. The Labute approximate surface area is 122 Å². The van der Waals surface area contributed by atoms with Crippen molar-refractivity contribution >= 4 is 5.91 Å². The van der Waals surface area contributed by atoms with Gasteiger partial charge >= 0.3 is 0 Å². The van der Waals surface area contributed by atoms with E-state index >= 15 is 0 Å². The topological polar surface area (TPSA) is 38.3 Å². The van der Waals surface area contributed by atoms with Crippen molar-refractivity contribution in [2.45, 2.75) is 37.1 Å². The molecule has 1 aromatic rings. The van der Waals surface area contributed by atoms with Crippen LogP contribution in [0.5, 0.6) is 0 Å². The summed E-state index contributed by atoms with van der Waals surface area (Å²) >= 11 is 0. The summed E-state index contributed by atoms with van der Waals surface area (Å²) in [7, 11) is 0. The van der Waals surface area contributed by atoms with E-state index in [-0.39, 0.29) is 18.7 Å². The predicted molar refractivity (Wildman–Crippen MR) is 74.0 cm³/mol. The molecule has 1 N–H and O–H groups in total. The lowest BCUT2D eigenvalue weighted by molar-refractivity contribution is -0.125. The van der Waals surface area contributed by atoms with Gasteiger partial charge in [0.15, 0.2) is 0 Å². The van der Waals surface area contributed by atoms with Crippen LogP contribution in [-0.4, -0.2) is 25.0 Å². The minimum Gasteiger partial charge on any atom is -0.381 e. The second-order valence-corrected chi connectivity index (χ2v) is 5.97. The Balaban J connectivity index is 1.72. The Morgan fingerprint density at radius 1 is 1.24 bits per heavy atom. The number of hydrogen-bond donors (Lipinski definition) is 1. The predicted octanol–water partition coefficient (Wildman–Crippen LogP) is 2.85. The molecular weight excluding hydrogens is 276 g/mol. The van der Waals surface area contributed by atoms with Gasteiger partial charge < -0.3 is 10.1 Å². The number of halogens is 2. The molecule has 0 bridgehead atoms. The Morgan fingerprint density at radius 2 is 1.86 bits per heavy atom. The SMILES string of the molecule is O=C(C[C@H]1CC1(F)F)NC1(c2ccccc2)CCOCC1. The van der Waals surface area contributed by atoms with Crippen molar-refractivity contribution in [3.8, 4) is 0 Å². The molecule has 1 aromatic carbocycles. The Kier molecular flexibility index (Phi) is 3.69. The van der Waals surface area contributed by atoms with Gasteiger partial charge in [-0.2, -0.15) is 0 Å². The highest BCUT2D eigenvalue weighted by molar-refractivity contribution is 5.78. The molecule has 1 atom stereocenters. The van der Waals surface area contributed by atoms with Crippen molar-refractivity contribution in [1.82, 2.24) is 5.32 Å². The minimum absolute atomic E-state index is 0.0948. The zero-order valence-electron chi connectivity index (χ0n) is 11.8. The smallest absolute Gasteiger partial charge is 0.252 e. The second kappa shape index (κ2) is 5.37. The first-order valence-corrected chi connectivity index (χ1v) is 7.34. The molecule has 2 fully saturated rings. The van der Waals surface area contributed by atoms with E-state index in [2.05, 4.69) is 5.32 Å². The molecule has 1 saturated heterocycles. The van der Waals surface area contributed by atoms with Crippen LogP contribution in [0.15, 0.2) is 30.3 Å². The molecule has 2 aliphatic rings. The first-order valence-electron chi connectivity index (χ1n) is 7.34. The van der Waals surface area contributed by atoms with Crippen molar-refractivity contribution in [2.24, 2.45) is 5.92 Å². The first-order chi connectivity index (χ1) is 10.0. The van der Waals surface area contributed by atoms with Gasteiger partial charge in [-0.15, -0.1) is 0 Å². The molecule has 1 aliphatic carbocycles. The van der Waals surface area contributed by atoms with E-state index in [1.807, 2.05) is 30.3 Å². The van der Waals surface area contributed by atoms with E-state index in [0.29, 0.717) is 26.1 Å². The van der Waals surface area contributed by atoms with Crippen LogP contribution < -0.4 is 5.32 Å². The summed E-state index contributed by atoms with van der Waals surface area (Å²) in [6.45, 7) is 1.13. The minimum atomic E-state index is -2.65. The molecule has 1 heterocycles. The number of carbonyl (C=O) groups excluding carboxylic acids is 1. The fourth-order valence-electron chi connectivity index (χ4n) is 3.00. The third-order valence-electron chi connectivity index (χ3n) is 4.44. The summed E-state index contributed by atoms with van der Waals surface area (Å²) in [6, 6.07) is 9.71. The van der Waals surface area contributed by atoms with Crippen molar-refractivity contribution in [2.75, 3.05) is 13.2 Å². The molecule has 1 amide bonds. The van der Waals surface area contributed by atoms with Gasteiger partial charge in [-0.3, -0.25) is 4.79 Å². The van der Waals surface area contributed by atoms with Crippen LogP contribution >= 0.6 is 0 Å². The molecule has 5 heteroatoms. The Morgan fingerprint density at radius 3 is 2.43 bits per heavy atom. The summed E-state index contributed by atoms with van der Waals surface area (Å²) in [4.78, 5) is 12.1. The molecule has 1 saturated carbocycles. The van der Waals surface area contributed by atoms with Crippen LogP contribution in [0.4, 0.5) is 8.78 Å². The Bertz CT molecular complexity index is 512. The molecule has 114 valence electrons. The molecule has 0 radical (unpaired) electrons. The summed E-state index contributed by atoms with van der Waals surface area (Å²) in [6.07, 6.45) is 1.08. The number of alkyl halides is 2. The molecule has 21 heavy (non-hydrogen) atoms. The average molecular weight is 295 g/mol. The molecular formula is C16H19F2NO2. The average Bonchev–Trinajstić information content (AvgIpc) is 3.07. The van der Waals surface area contributed by atoms with Crippen LogP contribution in [0.1, 0.15) is 31.2 Å². The Hall–Kier alpha value is -1.49. The quantitative estimate of drug-likeness (QED) is 0.927. The van der Waals surface area contributed by atoms with Crippen LogP contribution in [0.2, 0.25) is 0 Å². The van der Waals surface area contributed by atoms with Crippen molar-refractivity contribution < 1.29 is 18.3 Å². The van der Waals surface area contributed by atoms with E-state index in [1.165, 1.54) is 0 Å². The number of nitrogens with one attached hydrogen (secondary N) is 1. The van der Waals surface area contributed by atoms with Gasteiger partial charge in [0.25, 0.3) is 5.92 Å². The third kappa shape index (κ3) is 3.07. The normalized spacial score (nSPS) is 26.1. The number of hydrogen-bond acceptors (Lipinski definition) is 2. The van der Waals surface area contributed by atoms with Crippen LogP contribution in [0.3, 0.4) is 0 Å². The van der Waals surface area contributed by atoms with Gasteiger partial charge in [-0.1, -0.05) is 30.3 Å². The molecule has 0 unspecified atom stereocenters. The van der Waals surface area contributed by atoms with E-state index in [9.17, 15) is 13.6 Å². The van der Waals surface area contributed by atoms with Crippen molar-refractivity contribution in [3.05, 3.63) is 35.9 Å². The largest absolute Gasteiger partial charge is 0.381 e. The van der Waals surface area contributed by atoms with Gasteiger partial charge in [0, 0.05) is 32.0 Å². The summed E-state index contributed by atoms with van der Waals surface area (Å²) in [5, 5.41) is 3.01. The van der Waals surface area contributed by atoms with E-state index in [0.717, 1.165) is 5.56 Å². The zero-order chi connectivity index (χ0) is 14.9. The van der Waals surface area contributed by atoms with E-state index in [4.69, 9.17) is 4.74 Å². The number of carbonyl (C=O) groups is 1. The molecule has 3 rings (SSSR count). The second-order valence-electron chi connectivity index (χ2n) is 5.97. The number of amides is 1. The lowest BCUT2D eigenvalue weighted by Gasteiger charge is -2.38. The van der Waals surface area contributed by atoms with E-state index < -0.39 is 17.4 Å². The van der Waals surface area contributed by atoms with E-state index in [1.54, 1.807) is 0 Å². The maximum atomic E-state index is 13.0. The molecule has 1 aliphatic heterocycles.